The number of nitrogens with two attached hydrogens (primary N) is 1. The summed E-state index contributed by atoms with van der Waals surface area (Å²) in [5.74, 6) is -0.726. The zero-order valence-corrected chi connectivity index (χ0v) is 10.8. The summed E-state index contributed by atoms with van der Waals surface area (Å²) < 4.78 is 13.2. The molecule has 0 atom stereocenters. The third kappa shape index (κ3) is 3.20. The summed E-state index contributed by atoms with van der Waals surface area (Å²) in [5, 5.41) is 2.56. The maximum Gasteiger partial charge on any atom is 0.255 e. The number of aromatic nitrogens is 1. The van der Waals surface area contributed by atoms with Crippen LogP contribution in [0.25, 0.3) is 0 Å². The van der Waals surface area contributed by atoms with Crippen molar-refractivity contribution in [3.8, 4) is 0 Å². The number of rotatable bonds is 2. The van der Waals surface area contributed by atoms with Crippen molar-refractivity contribution in [3.05, 3.63) is 52.4 Å². The molecule has 4 nitrogen and oxygen atoms in total. The number of carbonyl (C=O) groups is 1. The van der Waals surface area contributed by atoms with E-state index >= 15 is 0 Å². The lowest BCUT2D eigenvalue weighted by atomic mass is 10.2. The highest BCUT2D eigenvalue weighted by molar-refractivity contribution is 6.30. The van der Waals surface area contributed by atoms with Gasteiger partial charge >= 0.3 is 0 Å². The summed E-state index contributed by atoms with van der Waals surface area (Å²) in [6.07, 6.45) is 0. The van der Waals surface area contributed by atoms with E-state index in [1.54, 1.807) is 13.0 Å². The molecular weight excluding hydrogens is 269 g/mol. The Morgan fingerprint density at radius 2 is 2.11 bits per heavy atom. The SMILES string of the molecule is Cc1cc(C(=O)Nc2ccc(Cl)c(F)c2)cc(N)n1. The van der Waals surface area contributed by atoms with Crippen LogP contribution in [0, 0.1) is 12.7 Å². The van der Waals surface area contributed by atoms with Gasteiger partial charge in [0.25, 0.3) is 5.91 Å². The minimum atomic E-state index is -0.593. The maximum absolute atomic E-state index is 13.2. The van der Waals surface area contributed by atoms with Gasteiger partial charge in [-0.05, 0) is 37.3 Å². The molecule has 0 unspecified atom stereocenters. The molecule has 0 fully saturated rings. The van der Waals surface area contributed by atoms with Gasteiger partial charge in [-0.3, -0.25) is 4.79 Å². The van der Waals surface area contributed by atoms with Crippen LogP contribution in [0.3, 0.4) is 0 Å². The summed E-state index contributed by atoms with van der Waals surface area (Å²) in [6.45, 7) is 1.73. The summed E-state index contributed by atoms with van der Waals surface area (Å²) >= 11 is 5.56. The van der Waals surface area contributed by atoms with Crippen molar-refractivity contribution in [1.29, 1.82) is 0 Å². The normalized spacial score (nSPS) is 10.3. The van der Waals surface area contributed by atoms with Gasteiger partial charge in [-0.2, -0.15) is 0 Å². The molecule has 1 aromatic carbocycles. The van der Waals surface area contributed by atoms with Gasteiger partial charge in [0, 0.05) is 16.9 Å². The number of hydrogen-bond donors (Lipinski definition) is 2. The summed E-state index contributed by atoms with van der Waals surface area (Å²) in [4.78, 5) is 15.9. The van der Waals surface area contributed by atoms with Crippen LogP contribution in [0.2, 0.25) is 5.02 Å². The first-order chi connectivity index (χ1) is 8.95. The Morgan fingerprint density at radius 1 is 1.37 bits per heavy atom. The number of amides is 1. The number of halogens is 2. The van der Waals surface area contributed by atoms with Crippen molar-refractivity contribution in [2.45, 2.75) is 6.92 Å². The van der Waals surface area contributed by atoms with Gasteiger partial charge in [-0.1, -0.05) is 11.6 Å². The lowest BCUT2D eigenvalue weighted by Crippen LogP contribution is -2.13. The van der Waals surface area contributed by atoms with Crippen molar-refractivity contribution in [2.75, 3.05) is 11.1 Å². The highest BCUT2D eigenvalue weighted by Crippen LogP contribution is 2.19. The molecule has 1 heterocycles. The lowest BCUT2D eigenvalue weighted by Gasteiger charge is -2.07. The highest BCUT2D eigenvalue weighted by atomic mass is 35.5. The Balaban J connectivity index is 2.22. The summed E-state index contributed by atoms with van der Waals surface area (Å²) in [6, 6.07) is 7.09. The topological polar surface area (TPSA) is 68.0 Å². The fraction of sp³-hybridized carbons (Fsp3) is 0.0769. The number of aryl methyl sites for hydroxylation is 1. The van der Waals surface area contributed by atoms with Crippen molar-refractivity contribution in [3.63, 3.8) is 0 Å². The third-order valence-electron chi connectivity index (χ3n) is 2.41. The monoisotopic (exact) mass is 279 g/mol. The van der Waals surface area contributed by atoms with E-state index in [-0.39, 0.29) is 16.7 Å². The zero-order chi connectivity index (χ0) is 14.0. The van der Waals surface area contributed by atoms with Crippen LogP contribution in [-0.4, -0.2) is 10.9 Å². The van der Waals surface area contributed by atoms with Crippen LogP contribution < -0.4 is 11.1 Å². The number of pyridine rings is 1. The molecule has 0 bridgehead atoms. The predicted molar refractivity (Wildman–Crippen MR) is 72.7 cm³/mol. The van der Waals surface area contributed by atoms with E-state index in [1.165, 1.54) is 18.2 Å². The van der Waals surface area contributed by atoms with Gasteiger partial charge in [0.15, 0.2) is 0 Å². The van der Waals surface area contributed by atoms with Crippen molar-refractivity contribution < 1.29 is 9.18 Å². The summed E-state index contributed by atoms with van der Waals surface area (Å²) in [7, 11) is 0. The van der Waals surface area contributed by atoms with E-state index in [0.29, 0.717) is 16.9 Å². The smallest absolute Gasteiger partial charge is 0.255 e. The molecular formula is C13H11ClFN3O. The molecule has 2 aromatic rings. The highest BCUT2D eigenvalue weighted by Gasteiger charge is 2.09. The molecule has 0 radical (unpaired) electrons. The third-order valence-corrected chi connectivity index (χ3v) is 2.72. The maximum atomic E-state index is 13.2. The first kappa shape index (κ1) is 13.3. The molecule has 1 aromatic heterocycles. The second-order valence-electron chi connectivity index (χ2n) is 4.01. The molecule has 3 N–H and O–H groups in total. The fourth-order valence-corrected chi connectivity index (χ4v) is 1.72. The predicted octanol–water partition coefficient (Wildman–Crippen LogP) is 3.02. The van der Waals surface area contributed by atoms with Gasteiger partial charge in [0.2, 0.25) is 0 Å². The molecule has 0 spiro atoms. The lowest BCUT2D eigenvalue weighted by molar-refractivity contribution is 0.102. The molecule has 0 aliphatic carbocycles. The van der Waals surface area contributed by atoms with E-state index in [2.05, 4.69) is 10.3 Å². The van der Waals surface area contributed by atoms with Crippen LogP contribution in [0.5, 0.6) is 0 Å². The van der Waals surface area contributed by atoms with Crippen molar-refractivity contribution >= 4 is 29.0 Å². The van der Waals surface area contributed by atoms with Crippen LogP contribution in [0.1, 0.15) is 16.1 Å². The minimum absolute atomic E-state index is 0.00185. The number of benzene rings is 1. The molecule has 2 rings (SSSR count). The van der Waals surface area contributed by atoms with Crippen LogP contribution in [0.15, 0.2) is 30.3 Å². The average molecular weight is 280 g/mol. The van der Waals surface area contributed by atoms with Gasteiger partial charge in [-0.25, -0.2) is 9.37 Å². The number of carbonyl (C=O) groups excluding carboxylic acids is 1. The first-order valence-electron chi connectivity index (χ1n) is 5.46. The van der Waals surface area contributed by atoms with Crippen LogP contribution >= 0.6 is 11.6 Å². The molecule has 98 valence electrons. The van der Waals surface area contributed by atoms with Crippen LogP contribution in [-0.2, 0) is 0 Å². The number of hydrogen-bond acceptors (Lipinski definition) is 3. The molecule has 0 saturated heterocycles. The molecule has 0 aliphatic rings. The van der Waals surface area contributed by atoms with Crippen LogP contribution in [0.4, 0.5) is 15.9 Å². The number of nitrogens with one attached hydrogen (secondary N) is 1. The van der Waals surface area contributed by atoms with E-state index in [4.69, 9.17) is 17.3 Å². The number of nitrogen functional groups attached to an aromatic ring is 1. The Kier molecular flexibility index (Phi) is 3.66. The summed E-state index contributed by atoms with van der Waals surface area (Å²) in [5.41, 5.74) is 6.88. The molecule has 19 heavy (non-hydrogen) atoms. The quantitative estimate of drug-likeness (QED) is 0.888. The first-order valence-corrected chi connectivity index (χ1v) is 5.84. The standard InChI is InChI=1S/C13H11ClFN3O/c1-7-4-8(5-12(16)17-7)13(19)18-9-2-3-10(14)11(15)6-9/h2-6H,1H3,(H2,16,17)(H,18,19). The average Bonchev–Trinajstić information content (AvgIpc) is 2.32. The van der Waals surface area contributed by atoms with Crippen molar-refractivity contribution in [1.82, 2.24) is 4.98 Å². The fourth-order valence-electron chi connectivity index (χ4n) is 1.60. The number of nitrogens with zero attached hydrogens (tertiary/aromatic N) is 1. The Labute approximate surface area is 114 Å². The molecule has 0 aliphatic heterocycles. The number of anilines is 2. The second-order valence-corrected chi connectivity index (χ2v) is 4.41. The van der Waals surface area contributed by atoms with Gasteiger partial charge in [0.05, 0.1) is 5.02 Å². The van der Waals surface area contributed by atoms with Crippen molar-refractivity contribution in [2.24, 2.45) is 0 Å². The molecule has 1 amide bonds. The minimum Gasteiger partial charge on any atom is -0.384 e. The van der Waals surface area contributed by atoms with E-state index < -0.39 is 5.82 Å². The van der Waals surface area contributed by atoms with E-state index in [1.807, 2.05) is 0 Å². The zero-order valence-electron chi connectivity index (χ0n) is 10.1. The Bertz CT molecular complexity index is 626. The molecule has 0 saturated carbocycles. The van der Waals surface area contributed by atoms with Gasteiger partial charge in [-0.15, -0.1) is 0 Å². The van der Waals surface area contributed by atoms with Gasteiger partial charge in [0.1, 0.15) is 11.6 Å². The second kappa shape index (κ2) is 5.24. The Hall–Kier alpha value is -2.14. The Morgan fingerprint density at radius 3 is 2.74 bits per heavy atom. The molecule has 6 heteroatoms. The van der Waals surface area contributed by atoms with E-state index in [9.17, 15) is 9.18 Å². The van der Waals surface area contributed by atoms with Gasteiger partial charge < -0.3 is 11.1 Å². The largest absolute Gasteiger partial charge is 0.384 e. The van der Waals surface area contributed by atoms with E-state index in [0.717, 1.165) is 6.07 Å².